The maximum Gasteiger partial charge on any atom is 0.258 e. The highest BCUT2D eigenvalue weighted by molar-refractivity contribution is 6.38. The summed E-state index contributed by atoms with van der Waals surface area (Å²) in [6, 6.07) is 19.6. The van der Waals surface area contributed by atoms with Crippen molar-refractivity contribution in [3.63, 3.8) is 0 Å². The molecule has 0 spiro atoms. The van der Waals surface area contributed by atoms with Crippen molar-refractivity contribution in [3.8, 4) is 0 Å². The lowest BCUT2D eigenvalue weighted by atomic mass is 10.00. The molecule has 2 heterocycles. The number of nitrogens with zero attached hydrogens (tertiary/aromatic N) is 2. The van der Waals surface area contributed by atoms with Crippen molar-refractivity contribution in [1.82, 2.24) is 9.80 Å². The standard InChI is InChI=1S/C29H29ClN6O3/c1-35-11-13-36(14-12-35)17-25(37)33-23-10-8-20(16-22(23)28(31)38)32-27(18-5-3-2-4-6-18)26-21-9-7-19(30)15-24(21)34-29(26)39/h2-10,15-16,32H,11-14,17H2,1H3,(H2,31,38)(H,33,37)(H,34,39). The number of halogens is 1. The fourth-order valence-electron chi connectivity index (χ4n) is 4.76. The average Bonchev–Trinajstić information content (AvgIpc) is 3.24. The van der Waals surface area contributed by atoms with Crippen molar-refractivity contribution in [2.45, 2.75) is 0 Å². The maximum absolute atomic E-state index is 13.1. The Hall–Kier alpha value is -4.18. The van der Waals surface area contributed by atoms with Gasteiger partial charge in [0.15, 0.2) is 0 Å². The largest absolute Gasteiger partial charge is 0.366 e. The molecule has 3 amide bonds. The van der Waals surface area contributed by atoms with Gasteiger partial charge >= 0.3 is 0 Å². The predicted molar refractivity (Wildman–Crippen MR) is 154 cm³/mol. The lowest BCUT2D eigenvalue weighted by molar-refractivity contribution is -0.117. The molecule has 0 atom stereocenters. The summed E-state index contributed by atoms with van der Waals surface area (Å²) in [5, 5.41) is 9.54. The van der Waals surface area contributed by atoms with E-state index in [0.29, 0.717) is 38.9 Å². The van der Waals surface area contributed by atoms with Gasteiger partial charge in [-0.05, 0) is 42.9 Å². The van der Waals surface area contributed by atoms with Gasteiger partial charge in [-0.2, -0.15) is 0 Å². The van der Waals surface area contributed by atoms with E-state index in [9.17, 15) is 14.4 Å². The quantitative estimate of drug-likeness (QED) is 0.338. The zero-order chi connectivity index (χ0) is 27.5. The minimum atomic E-state index is -0.680. The predicted octanol–water partition coefficient (Wildman–Crippen LogP) is 3.56. The average molecular weight is 545 g/mol. The number of anilines is 3. The van der Waals surface area contributed by atoms with Crippen LogP contribution in [0.3, 0.4) is 0 Å². The number of benzene rings is 3. The number of nitrogens with two attached hydrogens (primary N) is 1. The number of hydrogen-bond acceptors (Lipinski definition) is 6. The van der Waals surface area contributed by atoms with E-state index in [4.69, 9.17) is 17.3 Å². The van der Waals surface area contributed by atoms with Gasteiger partial charge in [0.2, 0.25) is 5.91 Å². The second kappa shape index (κ2) is 11.3. The van der Waals surface area contributed by atoms with E-state index in [0.717, 1.165) is 31.7 Å². The van der Waals surface area contributed by atoms with Crippen LogP contribution in [0.2, 0.25) is 5.02 Å². The molecule has 0 aliphatic carbocycles. The molecule has 0 saturated carbocycles. The number of primary amides is 1. The van der Waals surface area contributed by atoms with Gasteiger partial charge < -0.3 is 26.6 Å². The minimum Gasteiger partial charge on any atom is -0.366 e. The van der Waals surface area contributed by atoms with E-state index in [1.165, 1.54) is 0 Å². The molecule has 0 unspecified atom stereocenters. The van der Waals surface area contributed by atoms with E-state index in [1.807, 2.05) is 30.3 Å². The first-order chi connectivity index (χ1) is 18.8. The van der Waals surface area contributed by atoms with E-state index < -0.39 is 5.91 Å². The highest BCUT2D eigenvalue weighted by Crippen LogP contribution is 2.39. The molecular formula is C29H29ClN6O3. The van der Waals surface area contributed by atoms with E-state index in [2.05, 4.69) is 32.8 Å². The SMILES string of the molecule is CN1CCN(CC(=O)Nc2ccc(NC(=C3C(=O)Nc4cc(Cl)ccc43)c3ccccc3)cc2C(N)=O)CC1. The molecule has 1 saturated heterocycles. The summed E-state index contributed by atoms with van der Waals surface area (Å²) in [7, 11) is 2.05. The van der Waals surface area contributed by atoms with Crippen LogP contribution in [0, 0.1) is 0 Å². The third kappa shape index (κ3) is 5.96. The zero-order valence-corrected chi connectivity index (χ0v) is 22.2. The Labute approximate surface area is 231 Å². The molecule has 2 aliphatic rings. The molecule has 0 bridgehead atoms. The number of fused-ring (bicyclic) bond motifs is 1. The fraction of sp³-hybridized carbons (Fsp3) is 0.207. The van der Waals surface area contributed by atoms with Gasteiger partial charge in [0.25, 0.3) is 11.8 Å². The first-order valence-electron chi connectivity index (χ1n) is 12.6. The van der Waals surface area contributed by atoms with Crippen molar-refractivity contribution >= 4 is 57.7 Å². The first-order valence-corrected chi connectivity index (χ1v) is 13.0. The molecule has 5 N–H and O–H groups in total. The van der Waals surface area contributed by atoms with Crippen molar-refractivity contribution in [1.29, 1.82) is 0 Å². The zero-order valence-electron chi connectivity index (χ0n) is 21.5. The lowest BCUT2D eigenvalue weighted by Gasteiger charge is -2.31. The minimum absolute atomic E-state index is 0.159. The Balaban J connectivity index is 1.45. The number of nitrogens with one attached hydrogen (secondary N) is 3. The van der Waals surface area contributed by atoms with Crippen LogP contribution < -0.4 is 21.7 Å². The smallest absolute Gasteiger partial charge is 0.258 e. The molecule has 0 aromatic heterocycles. The Morgan fingerprint density at radius 3 is 2.44 bits per heavy atom. The van der Waals surface area contributed by atoms with Crippen molar-refractivity contribution in [2.75, 3.05) is 55.7 Å². The molecule has 1 fully saturated rings. The van der Waals surface area contributed by atoms with Crippen molar-refractivity contribution < 1.29 is 14.4 Å². The fourth-order valence-corrected chi connectivity index (χ4v) is 4.93. The Morgan fingerprint density at radius 2 is 1.72 bits per heavy atom. The summed E-state index contributed by atoms with van der Waals surface area (Å²) in [6.07, 6.45) is 0. The molecule has 0 radical (unpaired) electrons. The van der Waals surface area contributed by atoms with E-state index in [-0.39, 0.29) is 23.9 Å². The summed E-state index contributed by atoms with van der Waals surface area (Å²) < 4.78 is 0. The van der Waals surface area contributed by atoms with Crippen LogP contribution >= 0.6 is 11.6 Å². The number of carbonyl (C=O) groups is 3. The Kier molecular flexibility index (Phi) is 7.65. The summed E-state index contributed by atoms with van der Waals surface area (Å²) in [5.74, 6) is -1.17. The molecule has 3 aromatic carbocycles. The molecular weight excluding hydrogens is 516 g/mol. The number of likely N-dealkylation sites (N-methyl/N-ethyl adjacent to an activating group) is 1. The van der Waals surface area contributed by atoms with Gasteiger partial charge in [-0.15, -0.1) is 0 Å². The maximum atomic E-state index is 13.1. The monoisotopic (exact) mass is 544 g/mol. The van der Waals surface area contributed by atoms with Gasteiger partial charge in [0.1, 0.15) is 0 Å². The molecule has 3 aromatic rings. The molecule has 10 heteroatoms. The van der Waals surface area contributed by atoms with Crippen LogP contribution in [0.25, 0.3) is 11.3 Å². The summed E-state index contributed by atoms with van der Waals surface area (Å²) in [5.41, 5.74) is 9.82. The van der Waals surface area contributed by atoms with Gasteiger partial charge in [-0.3, -0.25) is 19.3 Å². The van der Waals surface area contributed by atoms with E-state index >= 15 is 0 Å². The van der Waals surface area contributed by atoms with Gasteiger partial charge in [-0.1, -0.05) is 48.0 Å². The topological polar surface area (TPSA) is 120 Å². The lowest BCUT2D eigenvalue weighted by Crippen LogP contribution is -2.47. The summed E-state index contributed by atoms with van der Waals surface area (Å²) >= 11 is 6.14. The second-order valence-corrected chi connectivity index (χ2v) is 10.1. The van der Waals surface area contributed by atoms with Crippen LogP contribution in [-0.2, 0) is 9.59 Å². The summed E-state index contributed by atoms with van der Waals surface area (Å²) in [6.45, 7) is 3.63. The number of hydrogen-bond donors (Lipinski definition) is 4. The normalized spacial score (nSPS) is 16.8. The second-order valence-electron chi connectivity index (χ2n) is 9.64. The van der Waals surface area contributed by atoms with Crippen LogP contribution in [-0.4, -0.2) is 67.3 Å². The number of carbonyl (C=O) groups excluding carboxylic acids is 3. The molecule has 200 valence electrons. The third-order valence-corrected chi connectivity index (χ3v) is 7.07. The summed E-state index contributed by atoms with van der Waals surface area (Å²) in [4.78, 5) is 42.5. The number of amides is 3. The van der Waals surface area contributed by atoms with Gasteiger partial charge in [0, 0.05) is 42.5 Å². The Morgan fingerprint density at radius 1 is 0.974 bits per heavy atom. The van der Waals surface area contributed by atoms with Crippen LogP contribution in [0.15, 0.2) is 66.7 Å². The molecule has 39 heavy (non-hydrogen) atoms. The van der Waals surface area contributed by atoms with Crippen LogP contribution in [0.5, 0.6) is 0 Å². The first kappa shape index (κ1) is 26.4. The van der Waals surface area contributed by atoms with Crippen molar-refractivity contribution in [2.24, 2.45) is 5.73 Å². The molecule has 2 aliphatic heterocycles. The van der Waals surface area contributed by atoms with Gasteiger partial charge in [-0.25, -0.2) is 0 Å². The highest BCUT2D eigenvalue weighted by Gasteiger charge is 2.29. The van der Waals surface area contributed by atoms with E-state index in [1.54, 1.807) is 36.4 Å². The number of rotatable bonds is 7. The van der Waals surface area contributed by atoms with Crippen LogP contribution in [0.4, 0.5) is 17.1 Å². The Bertz CT molecular complexity index is 1470. The van der Waals surface area contributed by atoms with Crippen molar-refractivity contribution in [3.05, 3.63) is 88.4 Å². The molecule has 5 rings (SSSR count). The van der Waals surface area contributed by atoms with Gasteiger partial charge in [0.05, 0.1) is 34.8 Å². The highest BCUT2D eigenvalue weighted by atomic mass is 35.5. The van der Waals surface area contributed by atoms with Crippen LogP contribution in [0.1, 0.15) is 21.5 Å². The molecule has 9 nitrogen and oxygen atoms in total. The number of piperazine rings is 1. The third-order valence-electron chi connectivity index (χ3n) is 6.83.